The molecule has 2 aromatic rings. The van der Waals surface area contributed by atoms with Crippen molar-refractivity contribution in [1.82, 2.24) is 0 Å². The number of hydrogen-bond acceptors (Lipinski definition) is 3. The van der Waals surface area contributed by atoms with E-state index in [9.17, 15) is 9.59 Å². The van der Waals surface area contributed by atoms with Gasteiger partial charge in [0.1, 0.15) is 0 Å². The quantitative estimate of drug-likeness (QED) is 0.553. The van der Waals surface area contributed by atoms with Crippen LogP contribution in [0, 0.1) is 13.8 Å². The van der Waals surface area contributed by atoms with Gasteiger partial charge in [0, 0.05) is 17.5 Å². The van der Waals surface area contributed by atoms with Crippen LogP contribution < -0.4 is 0 Å². The number of allylic oxidation sites excluding steroid dienone is 2. The normalized spacial score (nSPS) is 11.3. The molecule has 3 heteroatoms. The lowest BCUT2D eigenvalue weighted by molar-refractivity contribution is 0.0995. The second kappa shape index (κ2) is 7.93. The Hall–Kier alpha value is -2.13. The monoisotopic (exact) mass is 324 g/mol. The van der Waals surface area contributed by atoms with Gasteiger partial charge in [-0.05, 0) is 31.1 Å². The average Bonchev–Trinajstić information content (AvgIpc) is 2.55. The Morgan fingerprint density at radius 3 is 1.83 bits per heavy atom. The first-order valence-corrected chi connectivity index (χ1v) is 8.67. The van der Waals surface area contributed by atoms with Crippen LogP contribution in [0.25, 0.3) is 0 Å². The van der Waals surface area contributed by atoms with Gasteiger partial charge in [0.25, 0.3) is 0 Å². The summed E-state index contributed by atoms with van der Waals surface area (Å²) in [6.07, 6.45) is 3.71. The predicted octanol–water partition coefficient (Wildman–Crippen LogP) is 5.01. The van der Waals surface area contributed by atoms with Crippen molar-refractivity contribution in [1.29, 1.82) is 0 Å². The Balaban J connectivity index is 2.12. The molecule has 0 aliphatic carbocycles. The summed E-state index contributed by atoms with van der Waals surface area (Å²) in [5, 5.41) is 0. The highest BCUT2D eigenvalue weighted by atomic mass is 32.2. The largest absolute Gasteiger partial charge is 0.294 e. The Morgan fingerprint density at radius 2 is 1.35 bits per heavy atom. The van der Waals surface area contributed by atoms with Gasteiger partial charge in [-0.1, -0.05) is 59.7 Å². The van der Waals surface area contributed by atoms with Gasteiger partial charge in [-0.2, -0.15) is 0 Å². The van der Waals surface area contributed by atoms with Crippen molar-refractivity contribution >= 4 is 23.3 Å². The van der Waals surface area contributed by atoms with Crippen molar-refractivity contribution in [3.63, 3.8) is 0 Å². The van der Waals surface area contributed by atoms with Gasteiger partial charge < -0.3 is 0 Å². The van der Waals surface area contributed by atoms with Gasteiger partial charge in [0.2, 0.25) is 0 Å². The summed E-state index contributed by atoms with van der Waals surface area (Å²) < 4.78 is 0. The molecule has 2 rings (SSSR count). The van der Waals surface area contributed by atoms with Gasteiger partial charge in [-0.25, -0.2) is 0 Å². The molecule has 118 valence electrons. The molecule has 2 nitrogen and oxygen atoms in total. The van der Waals surface area contributed by atoms with Gasteiger partial charge >= 0.3 is 0 Å². The topological polar surface area (TPSA) is 34.1 Å². The zero-order chi connectivity index (χ0) is 16.8. The molecular formula is C20H20O2S. The fourth-order valence-electron chi connectivity index (χ4n) is 2.13. The Bertz CT molecular complexity index is 725. The minimum atomic E-state index is -0.0638. The van der Waals surface area contributed by atoms with Crippen molar-refractivity contribution in [3.8, 4) is 0 Å². The van der Waals surface area contributed by atoms with E-state index in [1.807, 2.05) is 68.6 Å². The van der Waals surface area contributed by atoms with E-state index in [1.165, 1.54) is 11.8 Å². The number of aryl methyl sites for hydroxylation is 2. The molecule has 2 aromatic carbocycles. The highest BCUT2D eigenvalue weighted by Gasteiger charge is 2.11. The lowest BCUT2D eigenvalue weighted by atomic mass is 10.0. The maximum absolute atomic E-state index is 12.3. The van der Waals surface area contributed by atoms with E-state index in [0.717, 1.165) is 16.0 Å². The van der Waals surface area contributed by atoms with Crippen molar-refractivity contribution in [2.45, 2.75) is 20.3 Å². The summed E-state index contributed by atoms with van der Waals surface area (Å²) in [6, 6.07) is 15.0. The summed E-state index contributed by atoms with van der Waals surface area (Å²) in [7, 11) is 0. The second-order valence-corrected chi connectivity index (χ2v) is 6.44. The first kappa shape index (κ1) is 17.2. The Morgan fingerprint density at radius 1 is 0.870 bits per heavy atom. The molecule has 0 radical (unpaired) electrons. The van der Waals surface area contributed by atoms with E-state index in [1.54, 1.807) is 6.08 Å². The van der Waals surface area contributed by atoms with Crippen molar-refractivity contribution < 1.29 is 9.59 Å². The van der Waals surface area contributed by atoms with E-state index < -0.39 is 0 Å². The van der Waals surface area contributed by atoms with E-state index in [-0.39, 0.29) is 18.0 Å². The lowest BCUT2D eigenvalue weighted by Crippen LogP contribution is -2.02. The van der Waals surface area contributed by atoms with Crippen molar-refractivity contribution in [3.05, 3.63) is 81.8 Å². The number of thioether (sulfide) groups is 1. The van der Waals surface area contributed by atoms with Crippen LogP contribution in [0.3, 0.4) is 0 Å². The highest BCUT2D eigenvalue weighted by molar-refractivity contribution is 8.02. The number of Topliss-reactive ketones (excluding diaryl/α,β-unsaturated/α-hetero) is 1. The molecule has 0 amide bonds. The first-order chi connectivity index (χ1) is 11.0. The molecule has 0 unspecified atom stereocenters. The van der Waals surface area contributed by atoms with Crippen LogP contribution in [-0.4, -0.2) is 17.8 Å². The molecule has 0 atom stereocenters. The average molecular weight is 324 g/mol. The van der Waals surface area contributed by atoms with E-state index in [0.29, 0.717) is 11.1 Å². The molecular weight excluding hydrogens is 304 g/mol. The highest BCUT2D eigenvalue weighted by Crippen LogP contribution is 2.20. The molecule has 0 N–H and O–H groups in total. The number of rotatable bonds is 6. The minimum absolute atomic E-state index is 0.0299. The third-order valence-corrected chi connectivity index (χ3v) is 4.39. The zero-order valence-corrected chi connectivity index (χ0v) is 14.4. The molecule has 0 aliphatic rings. The summed E-state index contributed by atoms with van der Waals surface area (Å²) in [6.45, 7) is 3.97. The number of hydrogen-bond donors (Lipinski definition) is 0. The maximum Gasteiger partial charge on any atom is 0.186 e. The van der Waals surface area contributed by atoms with Gasteiger partial charge in [0.15, 0.2) is 11.6 Å². The molecule has 23 heavy (non-hydrogen) atoms. The number of carbonyl (C=O) groups excluding carboxylic acids is 2. The third-order valence-electron chi connectivity index (χ3n) is 3.60. The SMILES string of the molecule is CS/C(=C\C(=O)c1ccc(C)cc1)CC(=O)c1ccc(C)cc1. The smallest absolute Gasteiger partial charge is 0.186 e. The van der Waals surface area contributed by atoms with Crippen LogP contribution in [0.2, 0.25) is 0 Å². The van der Waals surface area contributed by atoms with Crippen molar-refractivity contribution in [2.24, 2.45) is 0 Å². The fourth-order valence-corrected chi connectivity index (χ4v) is 2.63. The van der Waals surface area contributed by atoms with E-state index in [4.69, 9.17) is 0 Å². The first-order valence-electron chi connectivity index (χ1n) is 7.45. The van der Waals surface area contributed by atoms with Crippen LogP contribution in [-0.2, 0) is 0 Å². The minimum Gasteiger partial charge on any atom is -0.294 e. The van der Waals surface area contributed by atoms with Gasteiger partial charge in [-0.15, -0.1) is 11.8 Å². The molecule has 0 aliphatic heterocycles. The third kappa shape index (κ3) is 4.93. The van der Waals surface area contributed by atoms with E-state index >= 15 is 0 Å². The molecule has 0 bridgehead atoms. The molecule has 0 saturated heterocycles. The van der Waals surface area contributed by atoms with Crippen molar-refractivity contribution in [2.75, 3.05) is 6.26 Å². The van der Waals surface area contributed by atoms with E-state index in [2.05, 4.69) is 0 Å². The standard InChI is InChI=1S/C20H20O2S/c1-14-4-8-16(9-5-14)19(21)12-18(23-3)13-20(22)17-10-6-15(2)7-11-17/h4-12H,13H2,1-3H3/b18-12-. The lowest BCUT2D eigenvalue weighted by Gasteiger charge is -2.05. The zero-order valence-electron chi connectivity index (χ0n) is 13.6. The number of carbonyl (C=O) groups is 2. The summed E-state index contributed by atoms with van der Waals surface area (Å²) in [5.41, 5.74) is 3.56. The molecule has 0 heterocycles. The summed E-state index contributed by atoms with van der Waals surface area (Å²) in [4.78, 5) is 25.4. The summed E-state index contributed by atoms with van der Waals surface area (Å²) in [5.74, 6) is -0.0339. The predicted molar refractivity (Wildman–Crippen MR) is 97.2 cm³/mol. The number of ketones is 2. The number of benzene rings is 2. The Kier molecular flexibility index (Phi) is 5.94. The Labute approximate surface area is 141 Å². The molecule has 0 fully saturated rings. The van der Waals surface area contributed by atoms with Crippen LogP contribution in [0.4, 0.5) is 0 Å². The maximum atomic E-state index is 12.3. The fraction of sp³-hybridized carbons (Fsp3) is 0.200. The van der Waals surface area contributed by atoms with Gasteiger partial charge in [-0.3, -0.25) is 9.59 Å². The van der Waals surface area contributed by atoms with Gasteiger partial charge in [0.05, 0.1) is 0 Å². The molecule has 0 aromatic heterocycles. The van der Waals surface area contributed by atoms with Crippen LogP contribution in [0.1, 0.15) is 38.3 Å². The van der Waals surface area contributed by atoms with Crippen LogP contribution in [0.5, 0.6) is 0 Å². The van der Waals surface area contributed by atoms with Crippen LogP contribution in [0.15, 0.2) is 59.5 Å². The summed E-state index contributed by atoms with van der Waals surface area (Å²) >= 11 is 1.44. The van der Waals surface area contributed by atoms with Crippen LogP contribution >= 0.6 is 11.8 Å². The molecule has 0 saturated carbocycles. The second-order valence-electron chi connectivity index (χ2n) is 5.51. The molecule has 0 spiro atoms.